The molecular formula is C10H17N3O. The van der Waals surface area contributed by atoms with Crippen molar-refractivity contribution in [2.45, 2.75) is 32.5 Å². The van der Waals surface area contributed by atoms with Gasteiger partial charge in [0.1, 0.15) is 12.0 Å². The lowest BCUT2D eigenvalue weighted by atomic mass is 10.1. The van der Waals surface area contributed by atoms with E-state index in [0.29, 0.717) is 12.2 Å². The van der Waals surface area contributed by atoms with Crippen molar-refractivity contribution in [1.29, 1.82) is 0 Å². The Morgan fingerprint density at radius 1 is 1.64 bits per heavy atom. The summed E-state index contributed by atoms with van der Waals surface area (Å²) >= 11 is 0. The fraction of sp³-hybridized carbons (Fsp3) is 0.500. The van der Waals surface area contributed by atoms with Crippen LogP contribution in [0.2, 0.25) is 0 Å². The Morgan fingerprint density at radius 2 is 2.36 bits per heavy atom. The van der Waals surface area contributed by atoms with Crippen LogP contribution in [-0.4, -0.2) is 16.3 Å². The Hall–Kier alpha value is -1.13. The van der Waals surface area contributed by atoms with Gasteiger partial charge in [-0.05, 0) is 31.0 Å². The van der Waals surface area contributed by atoms with E-state index in [4.69, 9.17) is 5.73 Å². The summed E-state index contributed by atoms with van der Waals surface area (Å²) in [6, 6.07) is 3.70. The van der Waals surface area contributed by atoms with Crippen LogP contribution in [0, 0.1) is 0 Å². The largest absolute Gasteiger partial charge is 0.374 e. The van der Waals surface area contributed by atoms with Gasteiger partial charge >= 0.3 is 0 Å². The smallest absolute Gasteiger partial charge is 0.128 e. The van der Waals surface area contributed by atoms with E-state index in [1.165, 1.54) is 0 Å². The maximum atomic E-state index is 9.36. The average Bonchev–Trinajstić information content (AvgIpc) is 2.18. The van der Waals surface area contributed by atoms with Crippen molar-refractivity contribution >= 4 is 5.82 Å². The quantitative estimate of drug-likeness (QED) is 0.632. The molecule has 0 amide bonds. The molecule has 0 bridgehead atoms. The minimum Gasteiger partial charge on any atom is -0.374 e. The van der Waals surface area contributed by atoms with E-state index in [2.05, 4.69) is 10.3 Å². The lowest BCUT2D eigenvalue weighted by Crippen LogP contribution is -2.18. The lowest BCUT2D eigenvalue weighted by Gasteiger charge is -2.12. The molecule has 0 aliphatic heterocycles. The van der Waals surface area contributed by atoms with Crippen LogP contribution >= 0.6 is 0 Å². The van der Waals surface area contributed by atoms with Gasteiger partial charge in [0.25, 0.3) is 0 Å². The monoisotopic (exact) mass is 195 g/mol. The van der Waals surface area contributed by atoms with Crippen molar-refractivity contribution in [1.82, 2.24) is 4.98 Å². The zero-order valence-electron chi connectivity index (χ0n) is 8.57. The van der Waals surface area contributed by atoms with Gasteiger partial charge in [-0.1, -0.05) is 6.92 Å². The molecule has 0 saturated carbocycles. The van der Waals surface area contributed by atoms with Gasteiger partial charge in [-0.2, -0.15) is 0 Å². The zero-order chi connectivity index (χ0) is 10.6. The zero-order valence-corrected chi connectivity index (χ0v) is 8.57. The number of aliphatic hydroxyl groups excluding tert-OH is 1. The highest BCUT2D eigenvalue weighted by Crippen LogP contribution is 2.13. The molecule has 1 heterocycles. The van der Waals surface area contributed by atoms with E-state index in [1.807, 2.05) is 26.0 Å². The first-order chi connectivity index (χ1) is 6.63. The van der Waals surface area contributed by atoms with Crippen LogP contribution in [0.25, 0.3) is 0 Å². The molecule has 0 aliphatic rings. The maximum Gasteiger partial charge on any atom is 0.128 e. The molecule has 4 nitrogen and oxygen atoms in total. The number of aromatic nitrogens is 1. The summed E-state index contributed by atoms with van der Waals surface area (Å²) in [5.74, 6) is 0.661. The number of hydrogen-bond donors (Lipinski definition) is 3. The van der Waals surface area contributed by atoms with E-state index in [1.54, 1.807) is 6.20 Å². The standard InChI is InChI=1S/C10H17N3O/c1-3-10(14)13-9-6-8(7(2)11)4-5-12-9/h4-7,10,14H,3,11H2,1-2H3,(H,12,13). The second kappa shape index (κ2) is 4.93. The summed E-state index contributed by atoms with van der Waals surface area (Å²) in [5, 5.41) is 12.2. The van der Waals surface area contributed by atoms with Crippen molar-refractivity contribution in [3.8, 4) is 0 Å². The van der Waals surface area contributed by atoms with Gasteiger partial charge in [0, 0.05) is 12.2 Å². The van der Waals surface area contributed by atoms with Crippen LogP contribution in [-0.2, 0) is 0 Å². The predicted octanol–water partition coefficient (Wildman–Crippen LogP) is 1.24. The van der Waals surface area contributed by atoms with Gasteiger partial charge in [0.05, 0.1) is 0 Å². The molecule has 2 unspecified atom stereocenters. The summed E-state index contributed by atoms with van der Waals surface area (Å²) < 4.78 is 0. The number of nitrogens with zero attached hydrogens (tertiary/aromatic N) is 1. The van der Waals surface area contributed by atoms with Gasteiger partial charge in [0.15, 0.2) is 0 Å². The van der Waals surface area contributed by atoms with Crippen LogP contribution in [0.1, 0.15) is 31.9 Å². The fourth-order valence-electron chi connectivity index (χ4n) is 1.08. The number of aliphatic hydroxyl groups is 1. The second-order valence-corrected chi connectivity index (χ2v) is 3.33. The summed E-state index contributed by atoms with van der Waals surface area (Å²) in [6.45, 7) is 3.81. The molecule has 78 valence electrons. The molecular weight excluding hydrogens is 178 g/mol. The fourth-order valence-corrected chi connectivity index (χ4v) is 1.08. The highest BCUT2D eigenvalue weighted by Gasteiger charge is 2.04. The molecule has 0 spiro atoms. The number of rotatable bonds is 4. The van der Waals surface area contributed by atoms with Gasteiger partial charge < -0.3 is 16.2 Å². The van der Waals surface area contributed by atoms with Gasteiger partial charge in [0.2, 0.25) is 0 Å². The Morgan fingerprint density at radius 3 is 2.93 bits per heavy atom. The van der Waals surface area contributed by atoms with Crippen LogP contribution in [0.15, 0.2) is 18.3 Å². The minimum absolute atomic E-state index is 0.0164. The highest BCUT2D eigenvalue weighted by atomic mass is 16.3. The molecule has 4 N–H and O–H groups in total. The van der Waals surface area contributed by atoms with Gasteiger partial charge in [-0.3, -0.25) is 0 Å². The second-order valence-electron chi connectivity index (χ2n) is 3.33. The first kappa shape index (κ1) is 10.9. The molecule has 0 aliphatic carbocycles. The Labute approximate surface area is 84.2 Å². The number of nitrogens with one attached hydrogen (secondary N) is 1. The SMILES string of the molecule is CCC(O)Nc1cc(C(C)N)ccn1. The summed E-state index contributed by atoms with van der Waals surface area (Å²) in [6.07, 6.45) is 1.78. The number of pyridine rings is 1. The third-order valence-corrected chi connectivity index (χ3v) is 2.01. The molecule has 1 rings (SSSR count). The number of anilines is 1. The van der Waals surface area contributed by atoms with Crippen LogP contribution in [0.4, 0.5) is 5.82 Å². The van der Waals surface area contributed by atoms with Gasteiger partial charge in [-0.15, -0.1) is 0 Å². The van der Waals surface area contributed by atoms with Gasteiger partial charge in [-0.25, -0.2) is 4.98 Å². The Kier molecular flexibility index (Phi) is 3.85. The van der Waals surface area contributed by atoms with Crippen molar-refractivity contribution in [3.05, 3.63) is 23.9 Å². The van der Waals surface area contributed by atoms with Crippen LogP contribution < -0.4 is 11.1 Å². The lowest BCUT2D eigenvalue weighted by molar-refractivity contribution is 0.199. The van der Waals surface area contributed by atoms with E-state index >= 15 is 0 Å². The first-order valence-electron chi connectivity index (χ1n) is 4.79. The molecule has 0 aromatic carbocycles. The topological polar surface area (TPSA) is 71.2 Å². The normalized spacial score (nSPS) is 14.9. The van der Waals surface area contributed by atoms with E-state index in [9.17, 15) is 5.11 Å². The molecule has 0 fully saturated rings. The summed E-state index contributed by atoms with van der Waals surface area (Å²) in [7, 11) is 0. The number of nitrogens with two attached hydrogens (primary N) is 1. The molecule has 4 heteroatoms. The molecule has 0 saturated heterocycles. The molecule has 1 aromatic heterocycles. The summed E-state index contributed by atoms with van der Waals surface area (Å²) in [4.78, 5) is 4.08. The maximum absolute atomic E-state index is 9.36. The van der Waals surface area contributed by atoms with Crippen LogP contribution in [0.5, 0.6) is 0 Å². The van der Waals surface area contributed by atoms with E-state index < -0.39 is 6.23 Å². The van der Waals surface area contributed by atoms with Crippen molar-refractivity contribution in [2.24, 2.45) is 5.73 Å². The molecule has 1 aromatic rings. The molecule has 14 heavy (non-hydrogen) atoms. The minimum atomic E-state index is -0.550. The summed E-state index contributed by atoms with van der Waals surface area (Å²) in [5.41, 5.74) is 6.73. The molecule has 0 radical (unpaired) electrons. The third kappa shape index (κ3) is 2.97. The highest BCUT2D eigenvalue weighted by molar-refractivity contribution is 5.38. The predicted molar refractivity (Wildman–Crippen MR) is 56.8 cm³/mol. The number of hydrogen-bond acceptors (Lipinski definition) is 4. The van der Waals surface area contributed by atoms with E-state index in [-0.39, 0.29) is 6.04 Å². The third-order valence-electron chi connectivity index (χ3n) is 2.01. The van der Waals surface area contributed by atoms with Crippen molar-refractivity contribution < 1.29 is 5.11 Å². The van der Waals surface area contributed by atoms with Crippen molar-refractivity contribution in [2.75, 3.05) is 5.32 Å². The Bertz CT molecular complexity index is 288. The van der Waals surface area contributed by atoms with E-state index in [0.717, 1.165) is 5.56 Å². The van der Waals surface area contributed by atoms with Crippen molar-refractivity contribution in [3.63, 3.8) is 0 Å². The van der Waals surface area contributed by atoms with Crippen LogP contribution in [0.3, 0.4) is 0 Å². The first-order valence-corrected chi connectivity index (χ1v) is 4.79. The average molecular weight is 195 g/mol. The molecule has 2 atom stereocenters. The Balaban J connectivity index is 2.73.